The number of nitrogens with one attached hydrogen (secondary N) is 1. The molecule has 1 aliphatic rings. The van der Waals surface area contributed by atoms with E-state index < -0.39 is 38.0 Å². The normalized spacial score (nSPS) is 12.7. The number of nitro benzene ring substituents is 3. The Bertz CT molecular complexity index is 1330. The lowest BCUT2D eigenvalue weighted by molar-refractivity contribution is -0.393. The van der Waals surface area contributed by atoms with Gasteiger partial charge in [-0.1, -0.05) is 6.07 Å². The van der Waals surface area contributed by atoms with Gasteiger partial charge < -0.3 is 0 Å². The molecule has 4 rings (SSSR count). The van der Waals surface area contributed by atoms with Crippen molar-refractivity contribution >= 4 is 45.3 Å². The SMILES string of the molecule is O=C1c2cccc3c([N+](=O)[O-])ccc(c23)C(=O)N1Nc1ccc([N+](=O)[O-])cc1[N+](=O)[O-]. The third-order valence-corrected chi connectivity index (χ3v) is 4.70. The van der Waals surface area contributed by atoms with Crippen molar-refractivity contribution in [2.75, 3.05) is 5.43 Å². The maximum Gasteiger partial charge on any atom is 0.300 e. The number of anilines is 1. The molecule has 2 amide bonds. The summed E-state index contributed by atoms with van der Waals surface area (Å²) in [6, 6.07) is 9.18. The Morgan fingerprint density at radius 1 is 0.742 bits per heavy atom. The first-order valence-electron chi connectivity index (χ1n) is 8.49. The molecule has 0 saturated heterocycles. The summed E-state index contributed by atoms with van der Waals surface area (Å²) in [4.78, 5) is 57.1. The first-order chi connectivity index (χ1) is 14.7. The van der Waals surface area contributed by atoms with Crippen LogP contribution in [-0.4, -0.2) is 31.6 Å². The van der Waals surface area contributed by atoms with Crippen LogP contribution in [0.5, 0.6) is 0 Å². The summed E-state index contributed by atoms with van der Waals surface area (Å²) >= 11 is 0. The number of nitro groups is 3. The molecule has 0 spiro atoms. The van der Waals surface area contributed by atoms with Gasteiger partial charge in [0.05, 0.1) is 37.3 Å². The van der Waals surface area contributed by atoms with E-state index in [1.54, 1.807) is 0 Å². The van der Waals surface area contributed by atoms with Crippen molar-refractivity contribution in [3.05, 3.63) is 90.0 Å². The Hall–Kier alpha value is -4.94. The Kier molecular flexibility index (Phi) is 4.27. The van der Waals surface area contributed by atoms with Crippen molar-refractivity contribution in [1.29, 1.82) is 0 Å². The van der Waals surface area contributed by atoms with E-state index in [-0.39, 0.29) is 33.3 Å². The van der Waals surface area contributed by atoms with Gasteiger partial charge in [0.2, 0.25) is 0 Å². The third kappa shape index (κ3) is 2.96. The number of carbonyl (C=O) groups excluding carboxylic acids is 2. The van der Waals surface area contributed by atoms with E-state index in [1.807, 2.05) is 0 Å². The van der Waals surface area contributed by atoms with Crippen molar-refractivity contribution in [3.63, 3.8) is 0 Å². The summed E-state index contributed by atoms with van der Waals surface area (Å²) in [5.41, 5.74) is 0.440. The van der Waals surface area contributed by atoms with Gasteiger partial charge in [0.1, 0.15) is 5.69 Å². The summed E-state index contributed by atoms with van der Waals surface area (Å²) in [5, 5.41) is 34.3. The van der Waals surface area contributed by atoms with Gasteiger partial charge in [0.15, 0.2) is 0 Å². The summed E-state index contributed by atoms with van der Waals surface area (Å²) in [5.74, 6) is -1.78. The molecule has 1 aliphatic heterocycles. The maximum atomic E-state index is 13.0. The van der Waals surface area contributed by atoms with Crippen molar-refractivity contribution < 1.29 is 24.4 Å². The second kappa shape index (κ2) is 6.84. The largest absolute Gasteiger partial charge is 0.300 e. The zero-order chi connectivity index (χ0) is 22.4. The minimum absolute atomic E-state index is 0.0205. The number of amides is 2. The fraction of sp³-hybridized carbons (Fsp3) is 0. The molecule has 3 aromatic carbocycles. The molecule has 0 atom stereocenters. The lowest BCUT2D eigenvalue weighted by Gasteiger charge is -2.27. The number of benzene rings is 3. The average Bonchev–Trinajstić information content (AvgIpc) is 2.74. The minimum Gasteiger partial charge on any atom is -0.282 e. The molecule has 0 aromatic heterocycles. The van der Waals surface area contributed by atoms with Crippen LogP contribution in [0.3, 0.4) is 0 Å². The van der Waals surface area contributed by atoms with Crippen LogP contribution in [0.1, 0.15) is 20.7 Å². The minimum atomic E-state index is -0.897. The zero-order valence-corrected chi connectivity index (χ0v) is 15.2. The molecule has 1 heterocycles. The summed E-state index contributed by atoms with van der Waals surface area (Å²) in [6.45, 7) is 0. The zero-order valence-electron chi connectivity index (χ0n) is 15.2. The Morgan fingerprint density at radius 3 is 2.00 bits per heavy atom. The quantitative estimate of drug-likeness (QED) is 0.366. The number of hydrogen-bond acceptors (Lipinski definition) is 9. The van der Waals surface area contributed by atoms with E-state index in [9.17, 15) is 39.9 Å². The van der Waals surface area contributed by atoms with Crippen LogP contribution >= 0.6 is 0 Å². The number of imide groups is 1. The lowest BCUT2D eigenvalue weighted by Crippen LogP contribution is -2.44. The molecule has 0 unspecified atom stereocenters. The fourth-order valence-corrected chi connectivity index (χ4v) is 3.34. The van der Waals surface area contributed by atoms with E-state index in [2.05, 4.69) is 5.43 Å². The lowest BCUT2D eigenvalue weighted by atomic mass is 9.94. The molecular weight excluding hydrogens is 414 g/mol. The van der Waals surface area contributed by atoms with Gasteiger partial charge in [-0.3, -0.25) is 45.4 Å². The summed E-state index contributed by atoms with van der Waals surface area (Å²) in [6.07, 6.45) is 0. The molecule has 31 heavy (non-hydrogen) atoms. The van der Waals surface area contributed by atoms with Gasteiger partial charge in [0, 0.05) is 17.5 Å². The molecule has 0 saturated carbocycles. The Morgan fingerprint density at radius 2 is 1.39 bits per heavy atom. The van der Waals surface area contributed by atoms with Crippen molar-refractivity contribution in [1.82, 2.24) is 5.01 Å². The molecule has 13 heteroatoms. The van der Waals surface area contributed by atoms with Crippen LogP contribution in [0.2, 0.25) is 0 Å². The third-order valence-electron chi connectivity index (χ3n) is 4.70. The standard InChI is InChI=1S/C18H9N5O8/c24-17-11-3-1-2-10-14(22(28)29)7-5-12(16(10)11)18(25)20(17)19-13-6-4-9(21(26)27)8-15(13)23(30)31/h1-8,19H. The highest BCUT2D eigenvalue weighted by atomic mass is 16.6. The Balaban J connectivity index is 1.83. The van der Waals surface area contributed by atoms with Gasteiger partial charge in [-0.05, 0) is 24.3 Å². The van der Waals surface area contributed by atoms with E-state index >= 15 is 0 Å². The highest BCUT2D eigenvalue weighted by Gasteiger charge is 2.36. The molecule has 13 nitrogen and oxygen atoms in total. The highest BCUT2D eigenvalue weighted by molar-refractivity contribution is 6.26. The molecule has 0 aliphatic carbocycles. The van der Waals surface area contributed by atoms with Gasteiger partial charge in [-0.15, -0.1) is 0 Å². The number of nitrogens with zero attached hydrogens (tertiary/aromatic N) is 4. The van der Waals surface area contributed by atoms with E-state index in [4.69, 9.17) is 0 Å². The van der Waals surface area contributed by atoms with Crippen LogP contribution in [-0.2, 0) is 0 Å². The van der Waals surface area contributed by atoms with Gasteiger partial charge >= 0.3 is 5.69 Å². The molecule has 0 bridgehead atoms. The van der Waals surface area contributed by atoms with Crippen LogP contribution in [0.4, 0.5) is 22.7 Å². The number of hydrazine groups is 1. The highest BCUT2D eigenvalue weighted by Crippen LogP contribution is 2.36. The van der Waals surface area contributed by atoms with Crippen LogP contribution in [0.25, 0.3) is 10.8 Å². The van der Waals surface area contributed by atoms with Gasteiger partial charge in [-0.2, -0.15) is 5.01 Å². The summed E-state index contributed by atoms with van der Waals surface area (Å²) in [7, 11) is 0. The van der Waals surface area contributed by atoms with Gasteiger partial charge in [0.25, 0.3) is 23.2 Å². The van der Waals surface area contributed by atoms with E-state index in [0.29, 0.717) is 11.1 Å². The van der Waals surface area contributed by atoms with Crippen molar-refractivity contribution in [2.24, 2.45) is 0 Å². The van der Waals surface area contributed by atoms with Crippen LogP contribution < -0.4 is 5.43 Å². The Labute approximate surface area is 170 Å². The monoisotopic (exact) mass is 423 g/mol. The molecular formula is C18H9N5O8. The first kappa shape index (κ1) is 19.4. The molecule has 0 fully saturated rings. The van der Waals surface area contributed by atoms with Crippen LogP contribution in [0.15, 0.2) is 48.5 Å². The number of carbonyl (C=O) groups is 2. The van der Waals surface area contributed by atoms with Gasteiger partial charge in [-0.25, -0.2) is 0 Å². The average molecular weight is 423 g/mol. The van der Waals surface area contributed by atoms with E-state index in [1.165, 1.54) is 24.3 Å². The van der Waals surface area contributed by atoms with Crippen molar-refractivity contribution in [3.8, 4) is 0 Å². The van der Waals surface area contributed by atoms with Crippen LogP contribution in [0, 0.1) is 30.3 Å². The number of hydrogen-bond donors (Lipinski definition) is 1. The molecule has 0 radical (unpaired) electrons. The topological polar surface area (TPSA) is 179 Å². The predicted octanol–water partition coefficient (Wildman–Crippen LogP) is 3.19. The van der Waals surface area contributed by atoms with E-state index in [0.717, 1.165) is 18.2 Å². The molecule has 1 N–H and O–H groups in total. The molecule has 154 valence electrons. The smallest absolute Gasteiger partial charge is 0.282 e. The second-order valence-corrected chi connectivity index (χ2v) is 6.39. The molecule has 3 aromatic rings. The number of non-ortho nitro benzene ring substituents is 2. The first-order valence-corrected chi connectivity index (χ1v) is 8.49. The predicted molar refractivity (Wildman–Crippen MR) is 104 cm³/mol. The summed E-state index contributed by atoms with van der Waals surface area (Å²) < 4.78 is 0. The fourth-order valence-electron chi connectivity index (χ4n) is 3.34. The number of rotatable bonds is 5. The maximum absolute atomic E-state index is 13.0. The second-order valence-electron chi connectivity index (χ2n) is 6.39. The van der Waals surface area contributed by atoms with Crippen molar-refractivity contribution in [2.45, 2.75) is 0 Å².